The van der Waals surface area contributed by atoms with Crippen LogP contribution in [-0.4, -0.2) is 47.8 Å². The van der Waals surface area contributed by atoms with Gasteiger partial charge in [-0.05, 0) is 37.0 Å². The third-order valence-electron chi connectivity index (χ3n) is 4.75. The highest BCUT2D eigenvalue weighted by Crippen LogP contribution is 2.30. The summed E-state index contributed by atoms with van der Waals surface area (Å²) in [5.41, 5.74) is 0.161. The molecule has 2 aliphatic heterocycles. The van der Waals surface area contributed by atoms with Crippen LogP contribution < -0.4 is 0 Å². The Hall–Kier alpha value is -1.06. The molecule has 2 heterocycles. The van der Waals surface area contributed by atoms with Crippen molar-refractivity contribution >= 4 is 11.8 Å². The standard InChI is InChI=1S/C17H30N2O2/c1-14(8-11-18-9-4-6-15(18)20)12-17(2,3)13-19-10-5-7-16(19)21/h14H,4-13H2,1-3H3. The van der Waals surface area contributed by atoms with Gasteiger partial charge in [0.1, 0.15) is 0 Å². The first kappa shape index (κ1) is 16.3. The van der Waals surface area contributed by atoms with Crippen molar-refractivity contribution in [3.8, 4) is 0 Å². The highest BCUT2D eigenvalue weighted by atomic mass is 16.2. The zero-order valence-corrected chi connectivity index (χ0v) is 13.9. The van der Waals surface area contributed by atoms with E-state index < -0.39 is 0 Å². The molecule has 21 heavy (non-hydrogen) atoms. The van der Waals surface area contributed by atoms with Gasteiger partial charge in [-0.3, -0.25) is 9.59 Å². The van der Waals surface area contributed by atoms with Gasteiger partial charge in [-0.15, -0.1) is 0 Å². The van der Waals surface area contributed by atoms with E-state index >= 15 is 0 Å². The molecule has 0 aromatic heterocycles. The number of likely N-dealkylation sites (tertiary alicyclic amines) is 2. The lowest BCUT2D eigenvalue weighted by atomic mass is 9.81. The SMILES string of the molecule is CC(CCN1CCCC1=O)CC(C)(C)CN1CCCC1=O. The van der Waals surface area contributed by atoms with Gasteiger partial charge in [-0.2, -0.15) is 0 Å². The van der Waals surface area contributed by atoms with E-state index in [1.807, 2.05) is 9.80 Å². The number of rotatable bonds is 7. The Balaban J connectivity index is 1.73. The number of hydrogen-bond donors (Lipinski definition) is 0. The first-order valence-electron chi connectivity index (χ1n) is 8.43. The predicted octanol–water partition coefficient (Wildman–Crippen LogP) is 2.67. The molecule has 2 fully saturated rings. The van der Waals surface area contributed by atoms with Crippen molar-refractivity contribution in [1.29, 1.82) is 0 Å². The third kappa shape index (κ3) is 4.72. The van der Waals surface area contributed by atoms with Crippen molar-refractivity contribution in [2.75, 3.05) is 26.2 Å². The normalized spacial score (nSPS) is 21.5. The lowest BCUT2D eigenvalue weighted by molar-refractivity contribution is -0.129. The monoisotopic (exact) mass is 294 g/mol. The van der Waals surface area contributed by atoms with Crippen molar-refractivity contribution < 1.29 is 9.59 Å². The number of nitrogens with zero attached hydrogens (tertiary/aromatic N) is 2. The van der Waals surface area contributed by atoms with E-state index in [9.17, 15) is 9.59 Å². The maximum atomic E-state index is 11.8. The molecule has 2 rings (SSSR count). The summed E-state index contributed by atoms with van der Waals surface area (Å²) in [7, 11) is 0. The van der Waals surface area contributed by atoms with Crippen LogP contribution in [0.2, 0.25) is 0 Å². The lowest BCUT2D eigenvalue weighted by Crippen LogP contribution is -2.36. The average Bonchev–Trinajstić information content (AvgIpc) is 2.96. The molecule has 2 saturated heterocycles. The van der Waals surface area contributed by atoms with Crippen molar-refractivity contribution in [3.63, 3.8) is 0 Å². The highest BCUT2D eigenvalue weighted by molar-refractivity contribution is 5.78. The maximum Gasteiger partial charge on any atom is 0.222 e. The molecule has 1 unspecified atom stereocenters. The molecule has 2 aliphatic rings. The van der Waals surface area contributed by atoms with Crippen molar-refractivity contribution in [1.82, 2.24) is 9.80 Å². The molecule has 0 aliphatic carbocycles. The van der Waals surface area contributed by atoms with Crippen molar-refractivity contribution in [2.24, 2.45) is 11.3 Å². The van der Waals surface area contributed by atoms with E-state index in [0.717, 1.165) is 64.7 Å². The molecule has 0 bridgehead atoms. The Morgan fingerprint density at radius 2 is 1.62 bits per heavy atom. The number of amides is 2. The van der Waals surface area contributed by atoms with Gasteiger partial charge in [0.2, 0.25) is 11.8 Å². The molecule has 4 nitrogen and oxygen atoms in total. The van der Waals surface area contributed by atoms with Gasteiger partial charge in [0.15, 0.2) is 0 Å². The van der Waals surface area contributed by atoms with Gasteiger partial charge in [0.25, 0.3) is 0 Å². The molecule has 0 saturated carbocycles. The fourth-order valence-electron chi connectivity index (χ4n) is 3.81. The molecule has 120 valence electrons. The summed E-state index contributed by atoms with van der Waals surface area (Å²) >= 11 is 0. The largest absolute Gasteiger partial charge is 0.343 e. The zero-order valence-electron chi connectivity index (χ0n) is 13.9. The molecular formula is C17H30N2O2. The molecule has 0 N–H and O–H groups in total. The van der Waals surface area contributed by atoms with Gasteiger partial charge in [0.05, 0.1) is 0 Å². The van der Waals surface area contributed by atoms with Gasteiger partial charge in [0, 0.05) is 39.0 Å². The van der Waals surface area contributed by atoms with Gasteiger partial charge >= 0.3 is 0 Å². The van der Waals surface area contributed by atoms with E-state index in [4.69, 9.17) is 0 Å². The molecular weight excluding hydrogens is 264 g/mol. The molecule has 4 heteroatoms. The van der Waals surface area contributed by atoms with Crippen LogP contribution in [0.15, 0.2) is 0 Å². The number of carbonyl (C=O) groups excluding carboxylic acids is 2. The maximum absolute atomic E-state index is 11.8. The van der Waals surface area contributed by atoms with Crippen LogP contribution in [0.1, 0.15) is 59.3 Å². The van der Waals surface area contributed by atoms with Crippen LogP contribution in [0.25, 0.3) is 0 Å². The quantitative estimate of drug-likeness (QED) is 0.724. The second kappa shape index (κ2) is 6.80. The summed E-state index contributed by atoms with van der Waals surface area (Å²) in [5, 5.41) is 0. The second-order valence-electron chi connectivity index (χ2n) is 7.67. The minimum Gasteiger partial charge on any atom is -0.343 e. The Morgan fingerprint density at radius 1 is 1.05 bits per heavy atom. The second-order valence-corrected chi connectivity index (χ2v) is 7.67. The van der Waals surface area contributed by atoms with E-state index in [2.05, 4.69) is 20.8 Å². The molecule has 0 radical (unpaired) electrons. The zero-order chi connectivity index (χ0) is 15.5. The molecule has 0 aromatic carbocycles. The fourth-order valence-corrected chi connectivity index (χ4v) is 3.81. The van der Waals surface area contributed by atoms with Crippen LogP contribution in [0.4, 0.5) is 0 Å². The third-order valence-corrected chi connectivity index (χ3v) is 4.75. The first-order chi connectivity index (χ1) is 9.87. The summed E-state index contributed by atoms with van der Waals surface area (Å²) < 4.78 is 0. The first-order valence-corrected chi connectivity index (χ1v) is 8.43. The van der Waals surface area contributed by atoms with E-state index in [1.54, 1.807) is 0 Å². The Labute approximate surface area is 128 Å². The van der Waals surface area contributed by atoms with Crippen LogP contribution in [0.3, 0.4) is 0 Å². The van der Waals surface area contributed by atoms with Crippen molar-refractivity contribution in [3.05, 3.63) is 0 Å². The summed E-state index contributed by atoms with van der Waals surface area (Å²) in [6.45, 7) is 10.4. The Morgan fingerprint density at radius 3 is 2.14 bits per heavy atom. The number of hydrogen-bond acceptors (Lipinski definition) is 2. The average molecular weight is 294 g/mol. The summed E-state index contributed by atoms with van der Waals surface area (Å²) in [6, 6.07) is 0. The van der Waals surface area contributed by atoms with Crippen LogP contribution in [-0.2, 0) is 9.59 Å². The molecule has 2 amide bonds. The van der Waals surface area contributed by atoms with E-state index in [0.29, 0.717) is 17.7 Å². The Bertz CT molecular complexity index is 392. The topological polar surface area (TPSA) is 40.6 Å². The summed E-state index contributed by atoms with van der Waals surface area (Å²) in [5.74, 6) is 1.23. The van der Waals surface area contributed by atoms with Crippen molar-refractivity contribution in [2.45, 2.75) is 59.3 Å². The Kier molecular flexibility index (Phi) is 5.28. The van der Waals surface area contributed by atoms with Crippen LogP contribution in [0, 0.1) is 11.3 Å². The molecule has 0 aromatic rings. The summed E-state index contributed by atoms with van der Waals surface area (Å²) in [6.07, 6.45) is 5.68. The fraction of sp³-hybridized carbons (Fsp3) is 0.882. The minimum atomic E-state index is 0.161. The van der Waals surface area contributed by atoms with E-state index in [1.165, 1.54) is 0 Å². The van der Waals surface area contributed by atoms with Crippen LogP contribution in [0.5, 0.6) is 0 Å². The smallest absolute Gasteiger partial charge is 0.222 e. The minimum absolute atomic E-state index is 0.161. The van der Waals surface area contributed by atoms with Gasteiger partial charge in [-0.1, -0.05) is 20.8 Å². The predicted molar refractivity (Wildman–Crippen MR) is 83.8 cm³/mol. The van der Waals surface area contributed by atoms with E-state index in [-0.39, 0.29) is 5.41 Å². The highest BCUT2D eigenvalue weighted by Gasteiger charge is 2.29. The lowest BCUT2D eigenvalue weighted by Gasteiger charge is -2.33. The number of carbonyl (C=O) groups is 2. The van der Waals surface area contributed by atoms with Gasteiger partial charge < -0.3 is 9.80 Å². The molecule has 1 atom stereocenters. The van der Waals surface area contributed by atoms with Gasteiger partial charge in [-0.25, -0.2) is 0 Å². The van der Waals surface area contributed by atoms with Crippen LogP contribution >= 0.6 is 0 Å². The summed E-state index contributed by atoms with van der Waals surface area (Å²) in [4.78, 5) is 27.4. The molecule has 0 spiro atoms.